The van der Waals surface area contributed by atoms with E-state index in [2.05, 4.69) is 0 Å². The molecule has 0 spiro atoms. The van der Waals surface area contributed by atoms with Crippen molar-refractivity contribution in [3.8, 4) is 6.07 Å². The molecule has 13 heavy (non-hydrogen) atoms. The van der Waals surface area contributed by atoms with E-state index in [1.165, 1.54) is 19.3 Å². The van der Waals surface area contributed by atoms with Crippen molar-refractivity contribution in [2.24, 2.45) is 5.73 Å². The van der Waals surface area contributed by atoms with Crippen molar-refractivity contribution in [2.75, 3.05) is 6.61 Å². The Morgan fingerprint density at radius 1 is 1.46 bits per heavy atom. The van der Waals surface area contributed by atoms with Crippen LogP contribution in [-0.4, -0.2) is 18.2 Å². The molecule has 0 aromatic carbocycles. The van der Waals surface area contributed by atoms with E-state index in [1.54, 1.807) is 6.92 Å². The molecule has 1 unspecified atom stereocenters. The van der Waals surface area contributed by atoms with Crippen LogP contribution in [0.25, 0.3) is 0 Å². The van der Waals surface area contributed by atoms with E-state index >= 15 is 0 Å². The van der Waals surface area contributed by atoms with Crippen molar-refractivity contribution in [1.82, 2.24) is 0 Å². The summed E-state index contributed by atoms with van der Waals surface area (Å²) in [5, 5.41) is 8.67. The maximum absolute atomic E-state index is 8.67. The molecule has 1 fully saturated rings. The van der Waals surface area contributed by atoms with Gasteiger partial charge in [-0.3, -0.25) is 0 Å². The summed E-state index contributed by atoms with van der Waals surface area (Å²) >= 11 is 0. The molecule has 1 saturated carbocycles. The fourth-order valence-electron chi connectivity index (χ4n) is 1.56. The highest BCUT2D eigenvalue weighted by Crippen LogP contribution is 2.20. The Balaban J connectivity index is 2.22. The largest absolute Gasteiger partial charge is 0.375 e. The normalized spacial score (nSPS) is 23.5. The second-order valence-corrected chi connectivity index (χ2v) is 4.10. The summed E-state index contributed by atoms with van der Waals surface area (Å²) in [7, 11) is 0. The Morgan fingerprint density at radius 2 is 2.08 bits per heavy atom. The smallest absolute Gasteiger partial charge is 0.125 e. The van der Waals surface area contributed by atoms with E-state index in [0.29, 0.717) is 12.7 Å². The Bertz CT molecular complexity index is 190. The lowest BCUT2D eigenvalue weighted by Crippen LogP contribution is -2.41. The number of nitrogens with zero attached hydrogens (tertiary/aromatic N) is 1. The number of nitriles is 1. The van der Waals surface area contributed by atoms with Crippen molar-refractivity contribution in [1.29, 1.82) is 5.26 Å². The molecule has 74 valence electrons. The van der Waals surface area contributed by atoms with Gasteiger partial charge in [0.25, 0.3) is 0 Å². The molecule has 0 aliphatic heterocycles. The van der Waals surface area contributed by atoms with Crippen LogP contribution in [0.4, 0.5) is 0 Å². The van der Waals surface area contributed by atoms with Crippen LogP contribution >= 0.6 is 0 Å². The molecule has 0 radical (unpaired) electrons. The average Bonchev–Trinajstić information content (AvgIpc) is 2.17. The number of hydrogen-bond acceptors (Lipinski definition) is 3. The topological polar surface area (TPSA) is 59.0 Å². The van der Waals surface area contributed by atoms with Crippen LogP contribution < -0.4 is 5.73 Å². The van der Waals surface area contributed by atoms with Gasteiger partial charge in [-0.1, -0.05) is 19.3 Å². The molecule has 0 bridgehead atoms. The summed E-state index contributed by atoms with van der Waals surface area (Å²) in [5.41, 5.74) is 4.83. The second kappa shape index (κ2) is 4.59. The van der Waals surface area contributed by atoms with Crippen molar-refractivity contribution in [2.45, 2.75) is 50.7 Å². The lowest BCUT2D eigenvalue weighted by Gasteiger charge is -2.25. The summed E-state index contributed by atoms with van der Waals surface area (Å²) < 4.78 is 5.59. The molecule has 0 saturated heterocycles. The maximum Gasteiger partial charge on any atom is 0.125 e. The van der Waals surface area contributed by atoms with Crippen molar-refractivity contribution in [3.63, 3.8) is 0 Å². The molecule has 0 aromatic heterocycles. The number of nitrogens with two attached hydrogens (primary N) is 1. The summed E-state index contributed by atoms with van der Waals surface area (Å²) in [6.45, 7) is 2.06. The molecule has 3 nitrogen and oxygen atoms in total. The molecule has 3 heteroatoms. The molecule has 0 aromatic rings. The first-order valence-electron chi connectivity index (χ1n) is 4.96. The number of rotatable bonds is 3. The van der Waals surface area contributed by atoms with Gasteiger partial charge >= 0.3 is 0 Å². The predicted octanol–water partition coefficient (Wildman–Crippen LogP) is 1.58. The predicted molar refractivity (Wildman–Crippen MR) is 51.0 cm³/mol. The monoisotopic (exact) mass is 182 g/mol. The summed E-state index contributed by atoms with van der Waals surface area (Å²) in [4.78, 5) is 0. The van der Waals surface area contributed by atoms with Crippen molar-refractivity contribution < 1.29 is 4.74 Å². The first-order chi connectivity index (χ1) is 6.14. The Morgan fingerprint density at radius 3 is 2.62 bits per heavy atom. The molecule has 1 rings (SSSR count). The lowest BCUT2D eigenvalue weighted by molar-refractivity contribution is 0.0130. The zero-order chi connectivity index (χ0) is 9.73. The standard InChI is InChI=1S/C10H18N2O/c1-10(12,7-11)8-13-9-5-3-2-4-6-9/h9H,2-6,8,12H2,1H3. The van der Waals surface area contributed by atoms with Gasteiger partial charge in [-0.2, -0.15) is 5.26 Å². The highest BCUT2D eigenvalue weighted by molar-refractivity contribution is 5.01. The summed E-state index contributed by atoms with van der Waals surface area (Å²) in [6.07, 6.45) is 6.41. The molecule has 2 N–H and O–H groups in total. The SMILES string of the molecule is CC(N)(C#N)COC1CCCCC1. The molecular weight excluding hydrogens is 164 g/mol. The van der Waals surface area contributed by atoms with Crippen molar-refractivity contribution in [3.05, 3.63) is 0 Å². The fourth-order valence-corrected chi connectivity index (χ4v) is 1.56. The first kappa shape index (κ1) is 10.5. The van der Waals surface area contributed by atoms with Gasteiger partial charge in [-0.05, 0) is 19.8 Å². The Hall–Kier alpha value is -0.590. The van der Waals surface area contributed by atoms with E-state index < -0.39 is 5.54 Å². The van der Waals surface area contributed by atoms with Gasteiger partial charge in [-0.15, -0.1) is 0 Å². The summed E-state index contributed by atoms with van der Waals surface area (Å²) in [5.74, 6) is 0. The number of hydrogen-bond donors (Lipinski definition) is 1. The van der Waals surface area contributed by atoms with Crippen LogP contribution in [-0.2, 0) is 4.74 Å². The number of ether oxygens (including phenoxy) is 1. The van der Waals surface area contributed by atoms with Crippen LogP contribution in [0.2, 0.25) is 0 Å². The lowest BCUT2D eigenvalue weighted by atomic mass is 9.97. The van der Waals surface area contributed by atoms with Crippen LogP contribution in [0.5, 0.6) is 0 Å². The molecule has 1 aliphatic carbocycles. The Labute approximate surface area is 79.9 Å². The van der Waals surface area contributed by atoms with E-state index in [0.717, 1.165) is 12.8 Å². The van der Waals surface area contributed by atoms with E-state index in [-0.39, 0.29) is 0 Å². The molecule has 0 heterocycles. The first-order valence-corrected chi connectivity index (χ1v) is 4.96. The zero-order valence-electron chi connectivity index (χ0n) is 8.25. The van der Waals surface area contributed by atoms with E-state index in [1.807, 2.05) is 6.07 Å². The third kappa shape index (κ3) is 3.75. The van der Waals surface area contributed by atoms with Gasteiger partial charge < -0.3 is 10.5 Å². The van der Waals surface area contributed by atoms with Gasteiger partial charge in [-0.25, -0.2) is 0 Å². The maximum atomic E-state index is 8.67. The molecule has 0 amide bonds. The molecule has 1 aliphatic rings. The molecular formula is C10H18N2O. The van der Waals surface area contributed by atoms with Gasteiger partial charge in [0.2, 0.25) is 0 Å². The van der Waals surface area contributed by atoms with Gasteiger partial charge in [0.1, 0.15) is 5.54 Å². The van der Waals surface area contributed by atoms with Crippen LogP contribution in [0, 0.1) is 11.3 Å². The second-order valence-electron chi connectivity index (χ2n) is 4.10. The van der Waals surface area contributed by atoms with E-state index in [9.17, 15) is 0 Å². The highest BCUT2D eigenvalue weighted by Gasteiger charge is 2.21. The van der Waals surface area contributed by atoms with E-state index in [4.69, 9.17) is 15.7 Å². The Kier molecular flexibility index (Phi) is 3.71. The summed E-state index contributed by atoms with van der Waals surface area (Å²) in [6, 6.07) is 2.03. The van der Waals surface area contributed by atoms with Gasteiger partial charge in [0.05, 0.1) is 18.8 Å². The van der Waals surface area contributed by atoms with Crippen molar-refractivity contribution >= 4 is 0 Å². The quantitative estimate of drug-likeness (QED) is 0.720. The zero-order valence-corrected chi connectivity index (χ0v) is 8.25. The third-order valence-electron chi connectivity index (χ3n) is 2.43. The fraction of sp³-hybridized carbons (Fsp3) is 0.900. The average molecular weight is 182 g/mol. The van der Waals surface area contributed by atoms with Crippen LogP contribution in [0.15, 0.2) is 0 Å². The van der Waals surface area contributed by atoms with Gasteiger partial charge in [0.15, 0.2) is 0 Å². The van der Waals surface area contributed by atoms with Gasteiger partial charge in [0, 0.05) is 0 Å². The third-order valence-corrected chi connectivity index (χ3v) is 2.43. The minimum absolute atomic E-state index is 0.338. The van der Waals surface area contributed by atoms with Crippen LogP contribution in [0.3, 0.4) is 0 Å². The van der Waals surface area contributed by atoms with Crippen LogP contribution in [0.1, 0.15) is 39.0 Å². The highest BCUT2D eigenvalue weighted by atomic mass is 16.5. The minimum atomic E-state index is -0.822. The molecule has 1 atom stereocenters. The minimum Gasteiger partial charge on any atom is -0.375 e.